The van der Waals surface area contributed by atoms with E-state index >= 15 is 0 Å². The Bertz CT molecular complexity index is 1230. The number of hydrogen-bond acceptors (Lipinski definition) is 6. The highest BCUT2D eigenvalue weighted by molar-refractivity contribution is 6.09. The Hall–Kier alpha value is -3.69. The molecule has 4 rings (SSSR count). The van der Waals surface area contributed by atoms with Crippen LogP contribution in [0.4, 0.5) is 26.5 Å². The SMILES string of the molecule is CN1CCc2c(c3ccc(N(C(=O)OC(C)(C)C)c4ccc(NCCF)cn4)nc3n2C)C1=O. The van der Waals surface area contributed by atoms with Gasteiger partial charge in [0.05, 0.1) is 17.4 Å². The van der Waals surface area contributed by atoms with Crippen LogP contribution in [0.5, 0.6) is 0 Å². The van der Waals surface area contributed by atoms with Gasteiger partial charge in [-0.1, -0.05) is 0 Å². The predicted octanol–water partition coefficient (Wildman–Crippen LogP) is 4.05. The van der Waals surface area contributed by atoms with Crippen molar-refractivity contribution in [2.45, 2.75) is 32.8 Å². The van der Waals surface area contributed by atoms with E-state index in [-0.39, 0.29) is 12.5 Å². The molecule has 0 saturated heterocycles. The van der Waals surface area contributed by atoms with Crippen molar-refractivity contribution < 1.29 is 18.7 Å². The molecule has 180 valence electrons. The number of nitrogens with zero attached hydrogens (tertiary/aromatic N) is 5. The molecule has 0 unspecified atom stereocenters. The number of rotatable bonds is 5. The fraction of sp³-hybridized carbons (Fsp3) is 0.417. The second-order valence-electron chi connectivity index (χ2n) is 9.23. The first-order valence-electron chi connectivity index (χ1n) is 11.1. The van der Waals surface area contributed by atoms with E-state index in [1.807, 2.05) is 17.7 Å². The second-order valence-corrected chi connectivity index (χ2v) is 9.23. The molecule has 0 aromatic carbocycles. The third-order valence-electron chi connectivity index (χ3n) is 5.59. The number of amides is 2. The van der Waals surface area contributed by atoms with E-state index in [1.54, 1.807) is 50.9 Å². The van der Waals surface area contributed by atoms with Gasteiger partial charge in [0.25, 0.3) is 5.91 Å². The molecule has 0 radical (unpaired) electrons. The van der Waals surface area contributed by atoms with Crippen molar-refractivity contribution in [3.05, 3.63) is 41.7 Å². The lowest BCUT2D eigenvalue weighted by molar-refractivity contribution is 0.0597. The number of fused-ring (bicyclic) bond motifs is 3. The number of hydrogen-bond donors (Lipinski definition) is 1. The van der Waals surface area contributed by atoms with Crippen molar-refractivity contribution in [3.8, 4) is 0 Å². The van der Waals surface area contributed by atoms with Crippen LogP contribution in [0.15, 0.2) is 30.5 Å². The Morgan fingerprint density at radius 2 is 1.94 bits per heavy atom. The summed E-state index contributed by atoms with van der Waals surface area (Å²) < 4.78 is 20.0. The van der Waals surface area contributed by atoms with Crippen molar-refractivity contribution >= 4 is 40.4 Å². The zero-order valence-electron chi connectivity index (χ0n) is 20.1. The van der Waals surface area contributed by atoms with Gasteiger partial charge in [0.1, 0.15) is 29.6 Å². The van der Waals surface area contributed by atoms with Crippen LogP contribution >= 0.6 is 0 Å². The average molecular weight is 469 g/mol. The van der Waals surface area contributed by atoms with Crippen LogP contribution in [0.3, 0.4) is 0 Å². The van der Waals surface area contributed by atoms with Gasteiger partial charge in [0.2, 0.25) is 0 Å². The maximum absolute atomic E-state index is 13.2. The highest BCUT2D eigenvalue weighted by Gasteiger charge is 2.31. The molecular weight excluding hydrogens is 439 g/mol. The molecule has 1 aliphatic heterocycles. The van der Waals surface area contributed by atoms with Crippen LogP contribution in [0.2, 0.25) is 0 Å². The maximum Gasteiger partial charge on any atom is 0.421 e. The molecule has 9 nitrogen and oxygen atoms in total. The number of aryl methyl sites for hydroxylation is 1. The van der Waals surface area contributed by atoms with Crippen molar-refractivity contribution in [3.63, 3.8) is 0 Å². The number of likely N-dealkylation sites (N-methyl/N-ethyl adjacent to an activating group) is 1. The first-order valence-corrected chi connectivity index (χ1v) is 11.1. The monoisotopic (exact) mass is 468 g/mol. The van der Waals surface area contributed by atoms with Gasteiger partial charge in [-0.3, -0.25) is 4.79 Å². The maximum atomic E-state index is 13.2. The van der Waals surface area contributed by atoms with E-state index < -0.39 is 18.4 Å². The molecule has 0 spiro atoms. The van der Waals surface area contributed by atoms with E-state index in [0.717, 1.165) is 17.5 Å². The largest absolute Gasteiger partial charge is 0.443 e. The molecular formula is C24H29FN6O3. The van der Waals surface area contributed by atoms with Gasteiger partial charge >= 0.3 is 6.09 Å². The molecule has 1 N–H and O–H groups in total. The molecule has 0 saturated carbocycles. The number of ether oxygens (including phenoxy) is 1. The van der Waals surface area contributed by atoms with E-state index in [9.17, 15) is 14.0 Å². The number of nitrogens with one attached hydrogen (secondary N) is 1. The quantitative estimate of drug-likeness (QED) is 0.607. The topological polar surface area (TPSA) is 92.6 Å². The van der Waals surface area contributed by atoms with Crippen LogP contribution < -0.4 is 10.2 Å². The zero-order valence-corrected chi connectivity index (χ0v) is 20.1. The lowest BCUT2D eigenvalue weighted by Crippen LogP contribution is -2.34. The standard InChI is InChI=1S/C24H29FN6O3/c1-24(2,3)34-23(33)31(18-8-6-15(14-27-18)26-12-11-25)19-9-7-16-20-17(30(5)21(16)28-19)10-13-29(4)22(20)32/h6-9,14,26H,10-13H2,1-5H3. The van der Waals surface area contributed by atoms with E-state index in [1.165, 1.54) is 11.1 Å². The summed E-state index contributed by atoms with van der Waals surface area (Å²) in [4.78, 5) is 38.2. The third kappa shape index (κ3) is 4.40. The molecule has 2 amide bonds. The highest BCUT2D eigenvalue weighted by Crippen LogP contribution is 2.32. The lowest BCUT2D eigenvalue weighted by Gasteiger charge is -2.26. The van der Waals surface area contributed by atoms with Gasteiger partial charge in [-0.05, 0) is 45.0 Å². The molecule has 34 heavy (non-hydrogen) atoms. The van der Waals surface area contributed by atoms with Gasteiger partial charge in [-0.15, -0.1) is 0 Å². The molecule has 1 aliphatic rings. The number of pyridine rings is 2. The van der Waals surface area contributed by atoms with Crippen LogP contribution in [-0.4, -0.2) is 63.8 Å². The summed E-state index contributed by atoms with van der Waals surface area (Å²) in [6.07, 6.45) is 1.62. The molecule has 3 aromatic rings. The predicted molar refractivity (Wildman–Crippen MR) is 128 cm³/mol. The van der Waals surface area contributed by atoms with Crippen molar-refractivity contribution in [1.82, 2.24) is 19.4 Å². The normalized spacial score (nSPS) is 13.7. The molecule has 0 bridgehead atoms. The summed E-state index contributed by atoms with van der Waals surface area (Å²) in [6.45, 7) is 5.65. The highest BCUT2D eigenvalue weighted by atomic mass is 19.1. The number of carbonyl (C=O) groups excluding carboxylic acids is 2. The number of anilines is 3. The minimum atomic E-state index is -0.733. The fourth-order valence-electron chi connectivity index (χ4n) is 3.99. The first-order chi connectivity index (χ1) is 16.1. The Morgan fingerprint density at radius 3 is 2.59 bits per heavy atom. The summed E-state index contributed by atoms with van der Waals surface area (Å²) in [6, 6.07) is 6.85. The first kappa shape index (κ1) is 23.5. The van der Waals surface area contributed by atoms with E-state index in [0.29, 0.717) is 35.1 Å². The minimum absolute atomic E-state index is 0.0385. The fourth-order valence-corrected chi connectivity index (χ4v) is 3.99. The van der Waals surface area contributed by atoms with Crippen LogP contribution in [0.1, 0.15) is 36.8 Å². The average Bonchev–Trinajstić information content (AvgIpc) is 3.07. The Balaban J connectivity index is 1.79. The third-order valence-corrected chi connectivity index (χ3v) is 5.59. The zero-order chi connectivity index (χ0) is 24.6. The van der Waals surface area contributed by atoms with Gasteiger partial charge in [-0.2, -0.15) is 0 Å². The number of halogens is 1. The Morgan fingerprint density at radius 1 is 1.21 bits per heavy atom. The van der Waals surface area contributed by atoms with Gasteiger partial charge in [0, 0.05) is 44.7 Å². The summed E-state index contributed by atoms with van der Waals surface area (Å²) in [5.41, 5.74) is 2.07. The van der Waals surface area contributed by atoms with Gasteiger partial charge in [-0.25, -0.2) is 24.1 Å². The summed E-state index contributed by atoms with van der Waals surface area (Å²) in [5, 5.41) is 3.64. The summed E-state index contributed by atoms with van der Waals surface area (Å²) in [7, 11) is 3.66. The number of carbonyl (C=O) groups is 2. The van der Waals surface area contributed by atoms with Crippen LogP contribution in [0.25, 0.3) is 11.0 Å². The lowest BCUT2D eigenvalue weighted by atomic mass is 10.0. The van der Waals surface area contributed by atoms with Gasteiger partial charge in [0.15, 0.2) is 0 Å². The van der Waals surface area contributed by atoms with Crippen LogP contribution in [0, 0.1) is 0 Å². The molecule has 0 atom stereocenters. The number of aromatic nitrogens is 3. The van der Waals surface area contributed by atoms with Crippen molar-refractivity contribution in [1.29, 1.82) is 0 Å². The molecule has 0 fully saturated rings. The van der Waals surface area contributed by atoms with E-state index in [4.69, 9.17) is 9.72 Å². The molecule has 10 heteroatoms. The summed E-state index contributed by atoms with van der Waals surface area (Å²) >= 11 is 0. The smallest absolute Gasteiger partial charge is 0.421 e. The molecule has 4 heterocycles. The van der Waals surface area contributed by atoms with E-state index in [2.05, 4.69) is 10.3 Å². The second kappa shape index (κ2) is 8.92. The minimum Gasteiger partial charge on any atom is -0.443 e. The Kier molecular flexibility index (Phi) is 6.16. The van der Waals surface area contributed by atoms with Crippen LogP contribution in [-0.2, 0) is 18.2 Å². The number of alkyl halides is 1. The summed E-state index contributed by atoms with van der Waals surface area (Å²) in [5.74, 6) is 0.586. The molecule has 0 aliphatic carbocycles. The van der Waals surface area contributed by atoms with Gasteiger partial charge < -0.3 is 19.5 Å². The van der Waals surface area contributed by atoms with Crippen molar-refractivity contribution in [2.24, 2.45) is 7.05 Å². The molecule has 3 aromatic heterocycles. The van der Waals surface area contributed by atoms with Crippen molar-refractivity contribution in [2.75, 3.05) is 37.0 Å². The Labute approximate surface area is 197 Å².